The van der Waals surface area contributed by atoms with E-state index in [1.165, 1.54) is 22.9 Å². The predicted molar refractivity (Wildman–Crippen MR) is 124 cm³/mol. The first-order valence-corrected chi connectivity index (χ1v) is 13.8. The second-order valence-electron chi connectivity index (χ2n) is 9.80. The number of fused-ring (bicyclic) bond motifs is 1. The second kappa shape index (κ2) is 8.56. The second-order valence-corrected chi connectivity index (χ2v) is 12.5. The van der Waals surface area contributed by atoms with Crippen molar-refractivity contribution in [3.63, 3.8) is 0 Å². The zero-order chi connectivity index (χ0) is 26.1. The molecule has 0 saturated carbocycles. The predicted octanol–water partition coefficient (Wildman–Crippen LogP) is 2.51. The first-order chi connectivity index (χ1) is 17.5. The number of alkyl halides is 4. The number of anilines is 1. The SMILES string of the molecule is O=S(=O)(NC1(CF)COC1)c1cc(N2CCC3(CC2)COC3)c2cnc(-c3nnc(C(F)(F)F)s3)n2c1. The lowest BCUT2D eigenvalue weighted by Crippen LogP contribution is -2.63. The quantitative estimate of drug-likeness (QED) is 0.457. The van der Waals surface area contributed by atoms with Crippen molar-refractivity contribution in [2.75, 3.05) is 51.1 Å². The minimum absolute atomic E-state index is 0.0226. The minimum atomic E-state index is -4.67. The summed E-state index contributed by atoms with van der Waals surface area (Å²) in [5.41, 5.74) is -0.169. The summed E-state index contributed by atoms with van der Waals surface area (Å²) in [6.07, 6.45) is -0.239. The Morgan fingerprint density at radius 1 is 1.11 bits per heavy atom. The van der Waals surface area contributed by atoms with Crippen LogP contribution in [0.3, 0.4) is 0 Å². The number of nitrogens with zero attached hydrogens (tertiary/aromatic N) is 5. The van der Waals surface area contributed by atoms with Gasteiger partial charge in [0.2, 0.25) is 15.0 Å². The molecular formula is C21H22F4N6O4S2. The van der Waals surface area contributed by atoms with Gasteiger partial charge in [0.1, 0.15) is 17.1 Å². The number of hydrogen-bond donors (Lipinski definition) is 1. The van der Waals surface area contributed by atoms with E-state index in [0.29, 0.717) is 48.8 Å². The van der Waals surface area contributed by atoms with Crippen molar-refractivity contribution in [2.24, 2.45) is 5.41 Å². The van der Waals surface area contributed by atoms with E-state index in [1.54, 1.807) is 0 Å². The molecule has 3 aromatic rings. The van der Waals surface area contributed by atoms with E-state index in [0.717, 1.165) is 12.8 Å². The standard InChI is InChI=1S/C21H22F4N6O4S2/c22-8-20(11-35-12-20)29-37(32,33)13-5-14(30-3-1-19(2-4-30)9-34-10-19)15-6-26-16(31(15)7-13)17-27-28-18(36-17)21(23,24)25/h5-7,29H,1-4,8-12H2. The largest absolute Gasteiger partial charge is 0.445 e. The van der Waals surface area contributed by atoms with Crippen LogP contribution in [0, 0.1) is 5.41 Å². The number of imidazole rings is 1. The number of hydrogen-bond acceptors (Lipinski definition) is 9. The van der Waals surface area contributed by atoms with Crippen molar-refractivity contribution in [3.05, 3.63) is 23.5 Å². The maximum atomic E-state index is 13.7. The van der Waals surface area contributed by atoms with Crippen LogP contribution in [0.1, 0.15) is 17.8 Å². The average Bonchev–Trinajstić information content (AvgIpc) is 3.47. The van der Waals surface area contributed by atoms with Crippen LogP contribution in [0.2, 0.25) is 0 Å². The van der Waals surface area contributed by atoms with Crippen molar-refractivity contribution in [1.29, 1.82) is 0 Å². The van der Waals surface area contributed by atoms with Gasteiger partial charge >= 0.3 is 6.18 Å². The molecule has 3 aromatic heterocycles. The summed E-state index contributed by atoms with van der Waals surface area (Å²) in [5, 5.41) is 5.63. The fourth-order valence-electron chi connectivity index (χ4n) is 4.80. The third kappa shape index (κ3) is 4.27. The van der Waals surface area contributed by atoms with Crippen LogP contribution in [0.5, 0.6) is 0 Å². The average molecular weight is 563 g/mol. The molecule has 3 fully saturated rings. The Kier molecular flexibility index (Phi) is 5.76. The van der Waals surface area contributed by atoms with Gasteiger partial charge in [-0.05, 0) is 18.9 Å². The smallest absolute Gasteiger partial charge is 0.380 e. The molecule has 0 bridgehead atoms. The van der Waals surface area contributed by atoms with Gasteiger partial charge in [-0.1, -0.05) is 11.3 Å². The Morgan fingerprint density at radius 3 is 2.35 bits per heavy atom. The molecule has 0 amide bonds. The van der Waals surface area contributed by atoms with E-state index < -0.39 is 33.4 Å². The van der Waals surface area contributed by atoms with E-state index in [9.17, 15) is 26.0 Å². The number of nitrogens with one attached hydrogen (secondary N) is 1. The summed E-state index contributed by atoms with van der Waals surface area (Å²) in [6.45, 7) is 1.50. The molecule has 3 saturated heterocycles. The highest BCUT2D eigenvalue weighted by molar-refractivity contribution is 7.89. The third-order valence-corrected chi connectivity index (χ3v) is 9.62. The molecule has 0 aliphatic carbocycles. The van der Waals surface area contributed by atoms with Gasteiger partial charge in [0.15, 0.2) is 10.8 Å². The van der Waals surface area contributed by atoms with Crippen molar-refractivity contribution in [1.82, 2.24) is 24.3 Å². The van der Waals surface area contributed by atoms with Gasteiger partial charge in [-0.15, -0.1) is 10.2 Å². The number of piperidine rings is 1. The molecule has 3 aliphatic heterocycles. The number of pyridine rings is 1. The molecule has 1 N–H and O–H groups in total. The minimum Gasteiger partial charge on any atom is -0.380 e. The molecule has 0 unspecified atom stereocenters. The van der Waals surface area contributed by atoms with Gasteiger partial charge in [0, 0.05) is 24.7 Å². The molecule has 37 heavy (non-hydrogen) atoms. The number of sulfonamides is 1. The van der Waals surface area contributed by atoms with E-state index in [1.807, 2.05) is 4.90 Å². The van der Waals surface area contributed by atoms with Gasteiger partial charge in [0.25, 0.3) is 0 Å². The van der Waals surface area contributed by atoms with Crippen LogP contribution in [0.4, 0.5) is 23.2 Å². The van der Waals surface area contributed by atoms with Crippen LogP contribution in [-0.2, 0) is 25.7 Å². The van der Waals surface area contributed by atoms with Crippen LogP contribution in [0.15, 0.2) is 23.4 Å². The summed E-state index contributed by atoms with van der Waals surface area (Å²) in [7, 11) is -4.23. The van der Waals surface area contributed by atoms with Crippen molar-refractivity contribution in [2.45, 2.75) is 29.5 Å². The maximum absolute atomic E-state index is 13.7. The summed E-state index contributed by atoms with van der Waals surface area (Å²) < 4.78 is 94.1. The maximum Gasteiger partial charge on any atom is 0.445 e. The van der Waals surface area contributed by atoms with Crippen LogP contribution in [0.25, 0.3) is 16.3 Å². The van der Waals surface area contributed by atoms with E-state index in [-0.39, 0.29) is 34.4 Å². The fraction of sp³-hybridized carbons (Fsp3) is 0.571. The van der Waals surface area contributed by atoms with Gasteiger partial charge in [-0.25, -0.2) is 17.8 Å². The number of halogens is 4. The number of ether oxygens (including phenoxy) is 2. The van der Waals surface area contributed by atoms with E-state index >= 15 is 0 Å². The highest BCUT2D eigenvalue weighted by Crippen LogP contribution is 2.41. The lowest BCUT2D eigenvalue weighted by molar-refractivity contribution is -0.138. The zero-order valence-corrected chi connectivity index (χ0v) is 20.9. The monoisotopic (exact) mass is 562 g/mol. The Labute approximate surface area is 212 Å². The molecule has 200 valence electrons. The first-order valence-electron chi connectivity index (χ1n) is 11.5. The van der Waals surface area contributed by atoms with Crippen molar-refractivity contribution in [3.8, 4) is 10.8 Å². The van der Waals surface area contributed by atoms with Crippen LogP contribution in [-0.4, -0.2) is 79.7 Å². The van der Waals surface area contributed by atoms with Gasteiger partial charge < -0.3 is 14.4 Å². The van der Waals surface area contributed by atoms with Gasteiger partial charge in [-0.3, -0.25) is 4.40 Å². The number of rotatable bonds is 6. The lowest BCUT2D eigenvalue weighted by Gasteiger charge is -2.48. The van der Waals surface area contributed by atoms with Gasteiger partial charge in [-0.2, -0.15) is 17.9 Å². The molecule has 0 atom stereocenters. The summed E-state index contributed by atoms with van der Waals surface area (Å²) in [6, 6.07) is 1.49. The topological polar surface area (TPSA) is 111 Å². The Bertz CT molecular complexity index is 1430. The van der Waals surface area contributed by atoms with E-state index in [4.69, 9.17) is 9.47 Å². The Hall–Kier alpha value is -2.40. The summed E-state index contributed by atoms with van der Waals surface area (Å²) >= 11 is 0.315. The van der Waals surface area contributed by atoms with Gasteiger partial charge in [0.05, 0.1) is 43.8 Å². The summed E-state index contributed by atoms with van der Waals surface area (Å²) in [4.78, 5) is 6.13. The molecule has 0 aromatic carbocycles. The normalized spacial score (nSPS) is 21.2. The highest BCUT2D eigenvalue weighted by atomic mass is 32.2. The highest BCUT2D eigenvalue weighted by Gasteiger charge is 2.44. The summed E-state index contributed by atoms with van der Waals surface area (Å²) in [5.74, 6) is 0.0226. The Morgan fingerprint density at radius 2 is 1.81 bits per heavy atom. The molecule has 1 spiro atoms. The van der Waals surface area contributed by atoms with Crippen molar-refractivity contribution < 1.29 is 35.5 Å². The lowest BCUT2D eigenvalue weighted by atomic mass is 9.77. The fourth-order valence-corrected chi connectivity index (χ4v) is 6.87. The number of aromatic nitrogens is 4. The molecule has 10 nitrogen and oxygen atoms in total. The molecule has 3 aliphatic rings. The van der Waals surface area contributed by atoms with Crippen molar-refractivity contribution >= 4 is 32.6 Å². The molecule has 6 heterocycles. The first kappa shape index (κ1) is 24.9. The third-order valence-electron chi connectivity index (χ3n) is 7.11. The molecule has 0 radical (unpaired) electrons. The molecule has 16 heteroatoms. The van der Waals surface area contributed by atoms with Crippen LogP contribution < -0.4 is 9.62 Å². The van der Waals surface area contributed by atoms with E-state index in [2.05, 4.69) is 19.9 Å². The molecular weight excluding hydrogens is 540 g/mol. The van der Waals surface area contributed by atoms with Crippen LogP contribution >= 0.6 is 11.3 Å². The Balaban J connectivity index is 1.44. The zero-order valence-electron chi connectivity index (χ0n) is 19.3. The molecule has 6 rings (SSSR count).